The first-order chi connectivity index (χ1) is 17.2. The van der Waals surface area contributed by atoms with Gasteiger partial charge >= 0.3 is 6.09 Å². The summed E-state index contributed by atoms with van der Waals surface area (Å²) in [6.45, 7) is 7.89. The molecule has 4 rings (SSSR count). The van der Waals surface area contributed by atoms with Crippen LogP contribution in [0.15, 0.2) is 54.7 Å². The lowest BCUT2D eigenvalue weighted by Gasteiger charge is -2.33. The maximum absolute atomic E-state index is 13.1. The predicted molar refractivity (Wildman–Crippen MR) is 141 cm³/mol. The SMILES string of the molecule is CC(C)(C)OC(=O)N1CCC(COCC(NC(=O)c2ccc3c(Cl)c[nH]c3c2)c2ccccc2)CC1. The number of amides is 2. The highest BCUT2D eigenvalue weighted by atomic mass is 35.5. The Balaban J connectivity index is 1.32. The van der Waals surface area contributed by atoms with Gasteiger partial charge in [-0.1, -0.05) is 48.0 Å². The minimum Gasteiger partial charge on any atom is -0.444 e. The van der Waals surface area contributed by atoms with Crippen molar-refractivity contribution in [2.45, 2.75) is 45.3 Å². The first-order valence-electron chi connectivity index (χ1n) is 12.4. The van der Waals surface area contributed by atoms with Crippen molar-refractivity contribution in [1.29, 1.82) is 0 Å². The lowest BCUT2D eigenvalue weighted by atomic mass is 9.98. The predicted octanol–water partition coefficient (Wildman–Crippen LogP) is 5.96. The number of nitrogens with one attached hydrogen (secondary N) is 2. The standard InChI is InChI=1S/C28H34ClN3O4/c1-28(2,3)36-27(34)32-13-11-19(12-14-32)17-35-18-25(20-7-5-4-6-8-20)31-26(33)21-9-10-22-23(29)16-30-24(22)15-21/h4-10,15-16,19,25,30H,11-14,17-18H2,1-3H3,(H,31,33). The Morgan fingerprint density at radius 3 is 2.56 bits per heavy atom. The number of H-pyrrole nitrogens is 1. The third-order valence-corrected chi connectivity index (χ3v) is 6.62. The van der Waals surface area contributed by atoms with Gasteiger partial charge in [0.2, 0.25) is 0 Å². The summed E-state index contributed by atoms with van der Waals surface area (Å²) in [4.78, 5) is 30.2. The highest BCUT2D eigenvalue weighted by Crippen LogP contribution is 2.25. The molecule has 192 valence electrons. The molecular weight excluding hydrogens is 478 g/mol. The van der Waals surface area contributed by atoms with Crippen LogP contribution in [0, 0.1) is 5.92 Å². The Labute approximate surface area is 217 Å². The maximum Gasteiger partial charge on any atom is 0.410 e. The van der Waals surface area contributed by atoms with Crippen molar-refractivity contribution in [1.82, 2.24) is 15.2 Å². The van der Waals surface area contributed by atoms with Gasteiger partial charge in [-0.05, 0) is 57.2 Å². The van der Waals surface area contributed by atoms with E-state index >= 15 is 0 Å². The molecule has 8 heteroatoms. The fourth-order valence-corrected chi connectivity index (χ4v) is 4.56. The first-order valence-corrected chi connectivity index (χ1v) is 12.8. The number of aromatic nitrogens is 1. The number of rotatable bonds is 7. The maximum atomic E-state index is 13.1. The van der Waals surface area contributed by atoms with Crippen LogP contribution in [-0.4, -0.2) is 53.8 Å². The van der Waals surface area contributed by atoms with E-state index in [9.17, 15) is 9.59 Å². The summed E-state index contributed by atoms with van der Waals surface area (Å²) in [6.07, 6.45) is 3.18. The second kappa shape index (κ2) is 11.4. The molecule has 1 aromatic heterocycles. The van der Waals surface area contributed by atoms with Gasteiger partial charge in [0, 0.05) is 42.4 Å². The van der Waals surface area contributed by atoms with E-state index in [2.05, 4.69) is 10.3 Å². The Bertz CT molecular complexity index is 1180. The Hall–Kier alpha value is -3.03. The quantitative estimate of drug-likeness (QED) is 0.410. The molecule has 36 heavy (non-hydrogen) atoms. The third kappa shape index (κ3) is 6.80. The molecule has 3 aromatic rings. The van der Waals surface area contributed by atoms with Gasteiger partial charge < -0.3 is 24.7 Å². The van der Waals surface area contributed by atoms with Gasteiger partial charge in [-0.25, -0.2) is 4.79 Å². The van der Waals surface area contributed by atoms with Crippen LogP contribution < -0.4 is 5.32 Å². The summed E-state index contributed by atoms with van der Waals surface area (Å²) in [5, 5.41) is 4.63. The van der Waals surface area contributed by atoms with Crippen LogP contribution in [0.1, 0.15) is 55.6 Å². The molecule has 2 amide bonds. The average molecular weight is 512 g/mol. The number of hydrogen-bond acceptors (Lipinski definition) is 4. The van der Waals surface area contributed by atoms with Crippen LogP contribution in [0.5, 0.6) is 0 Å². The number of fused-ring (bicyclic) bond motifs is 1. The van der Waals surface area contributed by atoms with Crippen molar-refractivity contribution in [3.8, 4) is 0 Å². The fourth-order valence-electron chi connectivity index (χ4n) is 4.34. The van der Waals surface area contributed by atoms with Gasteiger partial charge in [-0.15, -0.1) is 0 Å². The Morgan fingerprint density at radius 2 is 1.86 bits per heavy atom. The van der Waals surface area contributed by atoms with Crippen molar-refractivity contribution in [2.24, 2.45) is 5.92 Å². The van der Waals surface area contributed by atoms with Gasteiger partial charge in [0.05, 0.1) is 17.7 Å². The van der Waals surface area contributed by atoms with Crippen LogP contribution in [0.25, 0.3) is 10.9 Å². The largest absolute Gasteiger partial charge is 0.444 e. The van der Waals surface area contributed by atoms with Crippen LogP contribution in [-0.2, 0) is 9.47 Å². The normalized spacial score (nSPS) is 15.6. The molecule has 2 heterocycles. The van der Waals surface area contributed by atoms with Crippen molar-refractivity contribution in [3.05, 3.63) is 70.9 Å². The van der Waals surface area contributed by atoms with E-state index < -0.39 is 5.60 Å². The number of piperidine rings is 1. The smallest absolute Gasteiger partial charge is 0.410 e. The zero-order valence-corrected chi connectivity index (χ0v) is 21.8. The number of halogens is 1. The summed E-state index contributed by atoms with van der Waals surface area (Å²) in [5.41, 5.74) is 1.86. The summed E-state index contributed by atoms with van der Waals surface area (Å²) < 4.78 is 11.6. The second-order valence-electron chi connectivity index (χ2n) is 10.3. The number of ether oxygens (including phenoxy) is 2. The summed E-state index contributed by atoms with van der Waals surface area (Å²) in [5.74, 6) is 0.182. The number of likely N-dealkylation sites (tertiary alicyclic amines) is 1. The van der Waals surface area contributed by atoms with Crippen LogP contribution in [0.4, 0.5) is 4.79 Å². The van der Waals surface area contributed by atoms with Gasteiger partial charge in [-0.3, -0.25) is 4.79 Å². The number of nitrogens with zero attached hydrogens (tertiary/aromatic N) is 1. The van der Waals surface area contributed by atoms with Crippen LogP contribution in [0.3, 0.4) is 0 Å². The topological polar surface area (TPSA) is 83.7 Å². The molecule has 2 N–H and O–H groups in total. The molecule has 7 nitrogen and oxygen atoms in total. The first kappa shape index (κ1) is 26.0. The number of aromatic amines is 1. The third-order valence-electron chi connectivity index (χ3n) is 6.31. The monoisotopic (exact) mass is 511 g/mol. The molecule has 1 atom stereocenters. The molecule has 2 aromatic carbocycles. The molecule has 1 saturated heterocycles. The number of carbonyl (C=O) groups excluding carboxylic acids is 2. The average Bonchev–Trinajstić information content (AvgIpc) is 3.23. The van der Waals surface area contributed by atoms with E-state index in [0.29, 0.717) is 42.8 Å². The molecule has 0 aliphatic carbocycles. The second-order valence-corrected chi connectivity index (χ2v) is 10.7. The van der Waals surface area contributed by atoms with E-state index in [0.717, 1.165) is 29.3 Å². The van der Waals surface area contributed by atoms with Gasteiger partial charge in [0.25, 0.3) is 5.91 Å². The number of hydrogen-bond donors (Lipinski definition) is 2. The minimum absolute atomic E-state index is 0.175. The molecule has 1 fully saturated rings. The lowest BCUT2D eigenvalue weighted by Crippen LogP contribution is -2.42. The summed E-state index contributed by atoms with van der Waals surface area (Å²) in [7, 11) is 0. The van der Waals surface area contributed by atoms with Crippen molar-refractivity contribution < 1.29 is 19.1 Å². The molecule has 1 unspecified atom stereocenters. The molecule has 1 aliphatic heterocycles. The highest BCUT2D eigenvalue weighted by Gasteiger charge is 2.27. The van der Waals surface area contributed by atoms with E-state index in [1.165, 1.54) is 0 Å². The fraction of sp³-hybridized carbons (Fsp3) is 0.429. The van der Waals surface area contributed by atoms with E-state index in [1.54, 1.807) is 23.2 Å². The Kier molecular flexibility index (Phi) is 8.21. The van der Waals surface area contributed by atoms with Crippen LogP contribution in [0.2, 0.25) is 5.02 Å². The zero-order valence-electron chi connectivity index (χ0n) is 21.1. The molecular formula is C28H34ClN3O4. The van der Waals surface area contributed by atoms with Gasteiger partial charge in [0.15, 0.2) is 0 Å². The molecule has 0 saturated carbocycles. The van der Waals surface area contributed by atoms with Gasteiger partial charge in [0.1, 0.15) is 5.60 Å². The molecule has 0 bridgehead atoms. The number of benzene rings is 2. The van der Waals surface area contributed by atoms with Crippen molar-refractivity contribution >= 4 is 34.5 Å². The van der Waals surface area contributed by atoms with E-state index in [4.69, 9.17) is 21.1 Å². The van der Waals surface area contributed by atoms with Gasteiger partial charge in [-0.2, -0.15) is 0 Å². The zero-order chi connectivity index (χ0) is 25.7. The summed E-state index contributed by atoms with van der Waals surface area (Å²) in [6, 6.07) is 15.0. The summed E-state index contributed by atoms with van der Waals surface area (Å²) >= 11 is 6.16. The number of carbonyl (C=O) groups is 2. The van der Waals surface area contributed by atoms with Crippen molar-refractivity contribution in [2.75, 3.05) is 26.3 Å². The Morgan fingerprint density at radius 1 is 1.14 bits per heavy atom. The molecule has 1 aliphatic rings. The molecule has 0 spiro atoms. The van der Waals surface area contributed by atoms with E-state index in [1.807, 2.05) is 57.2 Å². The van der Waals surface area contributed by atoms with Crippen molar-refractivity contribution in [3.63, 3.8) is 0 Å². The minimum atomic E-state index is -0.492. The highest BCUT2D eigenvalue weighted by molar-refractivity contribution is 6.35. The van der Waals surface area contributed by atoms with Crippen LogP contribution >= 0.6 is 11.6 Å². The molecule has 0 radical (unpaired) electrons. The van der Waals surface area contributed by atoms with E-state index in [-0.39, 0.29) is 18.0 Å². The lowest BCUT2D eigenvalue weighted by molar-refractivity contribution is 0.0105.